The molecule has 0 aliphatic carbocycles. The zero-order valence-corrected chi connectivity index (χ0v) is 54.1. The molecule has 0 spiro atoms. The lowest BCUT2D eigenvalue weighted by molar-refractivity contribution is -0.132. The van der Waals surface area contributed by atoms with E-state index in [1.165, 1.54) is 36.1 Å². The molecule has 33 heteroatoms. The number of halogens is 1. The van der Waals surface area contributed by atoms with Crippen molar-refractivity contribution in [3.63, 3.8) is 0 Å². The number of ether oxygens (including phenoxy) is 3. The van der Waals surface area contributed by atoms with Gasteiger partial charge in [0.05, 0.1) is 44.2 Å². The Morgan fingerprint density at radius 2 is 1.57 bits per heavy atom. The summed E-state index contributed by atoms with van der Waals surface area (Å²) in [5, 5.41) is 21.7. The molecule has 4 aliphatic rings. The van der Waals surface area contributed by atoms with Crippen molar-refractivity contribution < 1.29 is 79.7 Å². The second-order valence-corrected chi connectivity index (χ2v) is 25.5. The average Bonchev–Trinajstić information content (AvgIpc) is 1.65. The van der Waals surface area contributed by atoms with Gasteiger partial charge in [0.1, 0.15) is 61.0 Å². The highest BCUT2D eigenvalue weighted by Gasteiger charge is 2.49. The van der Waals surface area contributed by atoms with Crippen LogP contribution < -0.4 is 31.7 Å². The number of aliphatic hydroxyl groups excluding tert-OH is 1. The van der Waals surface area contributed by atoms with Gasteiger partial charge in [0, 0.05) is 51.2 Å². The number of carbonyl (C=O) groups excluding carboxylic acids is 6. The van der Waals surface area contributed by atoms with Crippen molar-refractivity contribution in [1.29, 1.82) is 0 Å². The molecule has 6 N–H and O–H groups in total. The van der Waals surface area contributed by atoms with E-state index in [2.05, 4.69) is 46.2 Å². The van der Waals surface area contributed by atoms with Crippen molar-refractivity contribution in [1.82, 2.24) is 49.6 Å². The summed E-state index contributed by atoms with van der Waals surface area (Å²) >= 11 is 0. The number of para-hydroxylation sites is 1. The Morgan fingerprint density at radius 3 is 2.36 bits per heavy atom. The first-order chi connectivity index (χ1) is 45.7. The number of benzene rings is 3. The van der Waals surface area contributed by atoms with Crippen molar-refractivity contribution in [3.05, 3.63) is 136 Å². The van der Waals surface area contributed by atoms with Crippen LogP contribution in [0, 0.1) is 11.7 Å². The maximum absolute atomic E-state index is 15.0. The third kappa shape index (κ3) is 15.6. The van der Waals surface area contributed by atoms with E-state index in [-0.39, 0.29) is 85.1 Å². The highest BCUT2D eigenvalue weighted by atomic mass is 31.1. The van der Waals surface area contributed by atoms with Crippen LogP contribution in [0.2, 0.25) is 0 Å². The lowest BCUT2D eigenvalue weighted by Crippen LogP contribution is -2.53. The minimum atomic E-state index is -3.48. The standard InChI is InChI=1S/C62H70FN13O17P2/c1-33(2)51(71-47(78)20-21-48(79)74-25-38-12-6-8-13-40(38)34(3)23-37-11-7-9-14-42(37)74)60(83)69-35(4)58(81)70-39-18-16-36(17-19-39)27-87-62(84)73(5)22-10-15-46(77)72-55-52-57(66-30-64-55)76(32-68-52)49-24-43-44(90-49)28-88-95(86)93-54-53(80)45(29-89-94(85)92-43)91-61(54)75-26-41(63)50-56(75)65-31-67-59(50)82/h6-9,11-14,16-19,23,26,30-33,35,43-45,49,51,53-54,61,80,94-95H,10,15,20-22,24-25,27-29H2,1-5H3,(H,69,83)(H,70,81)(H,71,78)(H,65,67,82)(H,64,66,72,77)/b34-23-/t35-,43-,44+,45+,49+,51-,53+,54+,61+/m0/s1. The van der Waals surface area contributed by atoms with Crippen molar-refractivity contribution in [2.75, 3.05) is 42.3 Å². The molecule has 2 bridgehead atoms. The topological polar surface area (TPSA) is 370 Å². The van der Waals surface area contributed by atoms with Crippen LogP contribution in [0.3, 0.4) is 0 Å². The number of H-pyrrole nitrogens is 1. The zero-order chi connectivity index (χ0) is 67.2. The summed E-state index contributed by atoms with van der Waals surface area (Å²) in [4.78, 5) is 115. The number of aromatic nitrogens is 7. The molecule has 4 aliphatic heterocycles. The number of hydrogen-bond acceptors (Lipinski definition) is 21. The van der Waals surface area contributed by atoms with Crippen molar-refractivity contribution >= 4 is 103 Å². The summed E-state index contributed by atoms with van der Waals surface area (Å²) in [6.07, 6.45) is -2.57. The maximum atomic E-state index is 15.0. The van der Waals surface area contributed by atoms with Gasteiger partial charge in [-0.1, -0.05) is 68.4 Å². The van der Waals surface area contributed by atoms with Crippen LogP contribution in [0.4, 0.5) is 26.4 Å². The van der Waals surface area contributed by atoms with E-state index in [1.807, 2.05) is 61.5 Å². The average molecular weight is 1350 g/mol. The van der Waals surface area contributed by atoms with Gasteiger partial charge < -0.3 is 73.5 Å². The van der Waals surface area contributed by atoms with Gasteiger partial charge in [0.15, 0.2) is 34.7 Å². The predicted octanol–water partition coefficient (Wildman–Crippen LogP) is 6.30. The number of nitrogens with one attached hydrogen (secondary N) is 5. The first-order valence-corrected chi connectivity index (χ1v) is 33.0. The molecule has 0 radical (unpaired) electrons. The summed E-state index contributed by atoms with van der Waals surface area (Å²) in [6, 6.07) is 20.0. The first-order valence-electron chi connectivity index (χ1n) is 30.6. The molecule has 502 valence electrons. The molecule has 2 unspecified atom stereocenters. The Balaban J connectivity index is 0.602. The highest BCUT2D eigenvalue weighted by molar-refractivity contribution is 7.33. The number of carbonyl (C=O) groups is 6. The molecule has 6 amide bonds. The molecule has 7 aromatic rings. The van der Waals surface area contributed by atoms with E-state index in [1.54, 1.807) is 43.0 Å². The molecule has 0 saturated carbocycles. The summed E-state index contributed by atoms with van der Waals surface area (Å²) in [5.74, 6) is -3.50. The highest BCUT2D eigenvalue weighted by Crippen LogP contribution is 2.45. The normalized spacial score (nSPS) is 23.2. The zero-order valence-electron chi connectivity index (χ0n) is 52.1. The summed E-state index contributed by atoms with van der Waals surface area (Å²) in [6.45, 7) is 6.50. The van der Waals surface area contributed by atoms with Crippen LogP contribution in [-0.4, -0.2) is 149 Å². The summed E-state index contributed by atoms with van der Waals surface area (Å²) < 4.78 is 84.5. The van der Waals surface area contributed by atoms with E-state index in [0.717, 1.165) is 45.0 Å². The van der Waals surface area contributed by atoms with Crippen LogP contribution >= 0.6 is 16.5 Å². The number of aliphatic hydroxyl groups is 1. The Morgan fingerprint density at radius 1 is 0.821 bits per heavy atom. The fourth-order valence-corrected chi connectivity index (χ4v) is 13.2. The number of fused-ring (bicyclic) bond motifs is 7. The Bertz CT molecular complexity index is 4190. The van der Waals surface area contributed by atoms with Gasteiger partial charge in [0.2, 0.25) is 29.5 Å². The predicted molar refractivity (Wildman–Crippen MR) is 341 cm³/mol. The number of nitrogens with zero attached hydrogens (tertiary/aromatic N) is 8. The smallest absolute Gasteiger partial charge is 0.409 e. The van der Waals surface area contributed by atoms with E-state index in [0.29, 0.717) is 17.8 Å². The molecular weight excluding hydrogens is 1280 g/mol. The molecule has 3 saturated heterocycles. The van der Waals surface area contributed by atoms with Gasteiger partial charge in [-0.2, -0.15) is 0 Å². The number of amides is 6. The number of anilines is 3. The molecule has 11 atom stereocenters. The first kappa shape index (κ1) is 67.5. The van der Waals surface area contributed by atoms with Crippen molar-refractivity contribution in [2.24, 2.45) is 5.92 Å². The lowest BCUT2D eigenvalue weighted by atomic mass is 9.95. The Labute approximate surface area is 543 Å². The Kier molecular flexibility index (Phi) is 21.2. The molecule has 3 aromatic carbocycles. The maximum Gasteiger partial charge on any atom is 0.409 e. The van der Waals surface area contributed by atoms with Gasteiger partial charge in [-0.05, 0) is 78.3 Å². The van der Waals surface area contributed by atoms with Gasteiger partial charge in [-0.25, -0.2) is 29.1 Å². The molecule has 8 heterocycles. The molecular formula is C62H70FN13O17P2. The van der Waals surface area contributed by atoms with Crippen LogP contribution in [0.25, 0.3) is 33.8 Å². The second kappa shape index (κ2) is 29.8. The fourth-order valence-electron chi connectivity index (χ4n) is 11.5. The minimum Gasteiger partial charge on any atom is -0.445 e. The molecule has 4 aromatic heterocycles. The van der Waals surface area contributed by atoms with Gasteiger partial charge in [-0.15, -0.1) is 0 Å². The lowest BCUT2D eigenvalue weighted by Gasteiger charge is -2.28. The summed E-state index contributed by atoms with van der Waals surface area (Å²) in [5.41, 5.74) is 5.23. The van der Waals surface area contributed by atoms with Gasteiger partial charge >= 0.3 is 22.6 Å². The van der Waals surface area contributed by atoms with Gasteiger partial charge in [0.25, 0.3) is 5.56 Å². The van der Waals surface area contributed by atoms with E-state index >= 15 is 0 Å². The van der Waals surface area contributed by atoms with Crippen molar-refractivity contribution in [2.45, 2.75) is 128 Å². The third-order valence-electron chi connectivity index (χ3n) is 16.5. The molecule has 3 fully saturated rings. The van der Waals surface area contributed by atoms with Crippen LogP contribution in [0.15, 0.2) is 103 Å². The summed E-state index contributed by atoms with van der Waals surface area (Å²) in [7, 11) is -5.31. The van der Waals surface area contributed by atoms with E-state index in [9.17, 15) is 52.2 Å². The Hall–Kier alpha value is -8.90. The monoisotopic (exact) mass is 1350 g/mol. The molecule has 95 heavy (non-hydrogen) atoms. The number of rotatable bonds is 18. The second-order valence-electron chi connectivity index (χ2n) is 23.5. The largest absolute Gasteiger partial charge is 0.445 e. The van der Waals surface area contributed by atoms with Crippen molar-refractivity contribution in [3.8, 4) is 0 Å². The molecule has 30 nitrogen and oxygen atoms in total. The number of hydrogen-bond donors (Lipinski definition) is 6. The molecule has 11 rings (SSSR count). The van der Waals surface area contributed by atoms with E-state index < -0.39 is 126 Å². The van der Waals surface area contributed by atoms with E-state index in [4.69, 9.17) is 32.3 Å². The third-order valence-corrected chi connectivity index (χ3v) is 18.3. The number of imidazole rings is 1. The SMILES string of the molecule is C/C1=C/c2ccccc2N(C(=O)CCC(=O)N[C@H](C(=O)N[C@@H](C)C(=O)Nc2ccc(COC(=O)N(C)CCCC(=O)Nc3ncnc4c3ncn4[C@H]3C[C@@H]4O[PH](=O)OC[C@H]5O[C@@H](n6cc(F)c7c(=O)[nH]cnc76)[C@H](O[PH](=O)OC[C@H]4O3)[C@@H]5O)cc2)C(C)C)Cc2ccccc21. The number of aromatic amines is 1. The van der Waals surface area contributed by atoms with Crippen LogP contribution in [0.5, 0.6) is 0 Å². The van der Waals surface area contributed by atoms with Gasteiger partial charge in [-0.3, -0.25) is 47.0 Å². The minimum absolute atomic E-state index is 0.0319. The quantitative estimate of drug-likeness (QED) is 0.0513. The fraction of sp³-hybridized carbons (Fsp3) is 0.403. The van der Waals surface area contributed by atoms with Crippen LogP contribution in [0.1, 0.15) is 94.5 Å². The van der Waals surface area contributed by atoms with Crippen LogP contribution in [-0.2, 0) is 78.6 Å². The number of allylic oxidation sites excluding steroid dienone is 1.